The molecule has 0 bridgehead atoms. The van der Waals surface area contributed by atoms with Crippen molar-refractivity contribution >= 4 is 5.91 Å². The zero-order valence-corrected chi connectivity index (χ0v) is 16.3. The van der Waals surface area contributed by atoms with Crippen LogP contribution in [0.4, 0.5) is 0 Å². The highest BCUT2D eigenvalue weighted by Crippen LogP contribution is 2.31. The topological polar surface area (TPSA) is 42.0 Å². The lowest BCUT2D eigenvalue weighted by molar-refractivity contribution is -0.131. The molecule has 0 aliphatic carbocycles. The molecule has 1 fully saturated rings. The Kier molecular flexibility index (Phi) is 6.12. The third-order valence-electron chi connectivity index (χ3n) is 5.42. The summed E-state index contributed by atoms with van der Waals surface area (Å²) >= 11 is 0. The molecule has 148 valence electrons. The second-order valence-corrected chi connectivity index (χ2v) is 7.47. The molecule has 0 N–H and O–H groups in total. The summed E-state index contributed by atoms with van der Waals surface area (Å²) in [4.78, 5) is 17.2. The number of rotatable bonds is 5. The fourth-order valence-corrected chi connectivity index (χ4v) is 3.87. The van der Waals surface area contributed by atoms with E-state index >= 15 is 0 Å². The Balaban J connectivity index is 1.27. The van der Waals surface area contributed by atoms with Gasteiger partial charge in [-0.25, -0.2) is 0 Å². The number of nitrogens with zero attached hydrogens (tertiary/aromatic N) is 2. The average molecular weight is 380 g/mol. The van der Waals surface area contributed by atoms with Crippen LogP contribution < -0.4 is 9.47 Å². The molecule has 2 aromatic carbocycles. The van der Waals surface area contributed by atoms with Crippen LogP contribution in [0.25, 0.3) is 0 Å². The van der Waals surface area contributed by atoms with E-state index in [-0.39, 0.29) is 5.91 Å². The highest BCUT2D eigenvalue weighted by molar-refractivity contribution is 5.76. The van der Waals surface area contributed by atoms with Crippen LogP contribution in [-0.4, -0.2) is 55.1 Å². The Hall–Kier alpha value is -2.53. The number of ether oxygens (including phenoxy) is 2. The number of benzene rings is 2. The summed E-state index contributed by atoms with van der Waals surface area (Å²) in [6, 6.07) is 16.5. The van der Waals surface area contributed by atoms with Crippen molar-refractivity contribution in [3.05, 3.63) is 59.7 Å². The minimum absolute atomic E-state index is 0.247. The molecule has 0 saturated carbocycles. The lowest BCUT2D eigenvalue weighted by Crippen LogP contribution is -2.35. The molecule has 2 aromatic rings. The van der Waals surface area contributed by atoms with Crippen molar-refractivity contribution in [2.75, 3.05) is 39.4 Å². The van der Waals surface area contributed by atoms with Gasteiger partial charge in [0, 0.05) is 39.1 Å². The highest BCUT2D eigenvalue weighted by Gasteiger charge is 2.19. The van der Waals surface area contributed by atoms with Crippen LogP contribution in [0.2, 0.25) is 0 Å². The number of carbonyl (C=O) groups is 1. The number of fused-ring (bicyclic) bond motifs is 1. The van der Waals surface area contributed by atoms with Crippen LogP contribution in [-0.2, 0) is 17.8 Å². The molecule has 5 heteroatoms. The Bertz CT molecular complexity index is 794. The summed E-state index contributed by atoms with van der Waals surface area (Å²) in [5.74, 6) is 1.84. The summed E-state index contributed by atoms with van der Waals surface area (Å²) < 4.78 is 11.2. The van der Waals surface area contributed by atoms with Gasteiger partial charge in [0.05, 0.1) is 0 Å². The van der Waals surface area contributed by atoms with Crippen molar-refractivity contribution in [2.24, 2.45) is 0 Å². The van der Waals surface area contributed by atoms with E-state index < -0.39 is 0 Å². The molecule has 0 unspecified atom stereocenters. The van der Waals surface area contributed by atoms with E-state index in [0.717, 1.165) is 62.6 Å². The quantitative estimate of drug-likeness (QED) is 0.799. The predicted molar refractivity (Wildman–Crippen MR) is 109 cm³/mol. The molecular weight excluding hydrogens is 352 g/mol. The van der Waals surface area contributed by atoms with Gasteiger partial charge in [0.1, 0.15) is 13.2 Å². The first-order valence-corrected chi connectivity index (χ1v) is 10.2. The second-order valence-electron chi connectivity index (χ2n) is 7.47. The molecule has 0 spiro atoms. The van der Waals surface area contributed by atoms with Crippen LogP contribution in [0.15, 0.2) is 48.5 Å². The Morgan fingerprint density at radius 1 is 0.857 bits per heavy atom. The molecule has 0 aromatic heterocycles. The molecule has 1 amide bonds. The Labute approximate surface area is 166 Å². The monoisotopic (exact) mass is 380 g/mol. The number of carbonyl (C=O) groups excluding carboxylic acids is 1. The third kappa shape index (κ3) is 4.84. The summed E-state index contributed by atoms with van der Waals surface area (Å²) in [6.07, 6.45) is 2.31. The first kappa shape index (κ1) is 18.8. The van der Waals surface area contributed by atoms with Crippen molar-refractivity contribution < 1.29 is 14.3 Å². The SMILES string of the molecule is O=C(CCc1ccc2c(c1)OCCO2)N1CCCN(Cc2ccccc2)CC1. The molecule has 1 saturated heterocycles. The largest absolute Gasteiger partial charge is 0.486 e. The van der Waals surface area contributed by atoms with Crippen LogP contribution in [0.5, 0.6) is 11.5 Å². The first-order valence-electron chi connectivity index (χ1n) is 10.2. The van der Waals surface area contributed by atoms with Gasteiger partial charge < -0.3 is 14.4 Å². The lowest BCUT2D eigenvalue weighted by atomic mass is 10.1. The maximum Gasteiger partial charge on any atom is 0.222 e. The minimum atomic E-state index is 0.247. The van der Waals surface area contributed by atoms with E-state index in [1.807, 2.05) is 29.2 Å². The highest BCUT2D eigenvalue weighted by atomic mass is 16.6. The maximum atomic E-state index is 12.7. The molecule has 4 rings (SSSR count). The third-order valence-corrected chi connectivity index (χ3v) is 5.42. The fraction of sp³-hybridized carbons (Fsp3) is 0.435. The zero-order valence-electron chi connectivity index (χ0n) is 16.3. The molecule has 0 radical (unpaired) electrons. The summed E-state index contributed by atoms with van der Waals surface area (Å²) in [5, 5.41) is 0. The number of hydrogen-bond donors (Lipinski definition) is 0. The van der Waals surface area contributed by atoms with E-state index in [4.69, 9.17) is 9.47 Å². The average Bonchev–Trinajstić information content (AvgIpc) is 2.98. The van der Waals surface area contributed by atoms with Gasteiger partial charge in [-0.05, 0) is 36.1 Å². The Morgan fingerprint density at radius 2 is 1.68 bits per heavy atom. The van der Waals surface area contributed by atoms with Gasteiger partial charge in [-0.3, -0.25) is 9.69 Å². The smallest absolute Gasteiger partial charge is 0.222 e. The fourth-order valence-electron chi connectivity index (χ4n) is 3.87. The molecule has 28 heavy (non-hydrogen) atoms. The molecule has 0 atom stereocenters. The van der Waals surface area contributed by atoms with Crippen LogP contribution >= 0.6 is 0 Å². The first-order chi connectivity index (χ1) is 13.8. The summed E-state index contributed by atoms with van der Waals surface area (Å²) in [7, 11) is 0. The standard InChI is InChI=1S/C23H28N2O3/c26-23(10-8-19-7-9-21-22(17-19)28-16-15-27-21)25-12-4-11-24(13-14-25)18-20-5-2-1-3-6-20/h1-3,5-7,9,17H,4,8,10-16,18H2. The second kappa shape index (κ2) is 9.11. The van der Waals surface area contributed by atoms with Crippen LogP contribution in [0, 0.1) is 0 Å². The van der Waals surface area contributed by atoms with Crippen molar-refractivity contribution in [3.8, 4) is 11.5 Å². The van der Waals surface area contributed by atoms with E-state index in [1.54, 1.807) is 0 Å². The summed E-state index contributed by atoms with van der Waals surface area (Å²) in [5.41, 5.74) is 2.46. The minimum Gasteiger partial charge on any atom is -0.486 e. The van der Waals surface area contributed by atoms with Crippen molar-refractivity contribution in [3.63, 3.8) is 0 Å². The molecule has 2 heterocycles. The van der Waals surface area contributed by atoms with Gasteiger partial charge in [-0.15, -0.1) is 0 Å². The van der Waals surface area contributed by atoms with Gasteiger partial charge >= 0.3 is 0 Å². The van der Waals surface area contributed by atoms with Gasteiger partial charge in [0.15, 0.2) is 11.5 Å². The maximum absolute atomic E-state index is 12.7. The van der Waals surface area contributed by atoms with Gasteiger partial charge in [-0.1, -0.05) is 36.4 Å². The van der Waals surface area contributed by atoms with E-state index in [9.17, 15) is 4.79 Å². The van der Waals surface area contributed by atoms with Crippen molar-refractivity contribution in [1.29, 1.82) is 0 Å². The number of aryl methyl sites for hydroxylation is 1. The number of amides is 1. The van der Waals surface area contributed by atoms with E-state index in [0.29, 0.717) is 19.6 Å². The molecule has 2 aliphatic rings. The molecule has 2 aliphatic heterocycles. The summed E-state index contributed by atoms with van der Waals surface area (Å²) in [6.45, 7) is 5.79. The van der Waals surface area contributed by atoms with E-state index in [1.165, 1.54) is 5.56 Å². The van der Waals surface area contributed by atoms with E-state index in [2.05, 4.69) is 29.2 Å². The van der Waals surface area contributed by atoms with Gasteiger partial charge in [0.2, 0.25) is 5.91 Å². The predicted octanol–water partition coefficient (Wildman–Crippen LogP) is 3.12. The van der Waals surface area contributed by atoms with Crippen molar-refractivity contribution in [2.45, 2.75) is 25.8 Å². The molecule has 5 nitrogen and oxygen atoms in total. The van der Waals surface area contributed by atoms with Gasteiger partial charge in [-0.2, -0.15) is 0 Å². The van der Waals surface area contributed by atoms with Crippen molar-refractivity contribution in [1.82, 2.24) is 9.80 Å². The number of hydrogen-bond acceptors (Lipinski definition) is 4. The Morgan fingerprint density at radius 3 is 2.54 bits per heavy atom. The van der Waals surface area contributed by atoms with Gasteiger partial charge in [0.25, 0.3) is 0 Å². The van der Waals surface area contributed by atoms with Crippen LogP contribution in [0.1, 0.15) is 24.0 Å². The lowest BCUT2D eigenvalue weighted by Gasteiger charge is -2.22. The van der Waals surface area contributed by atoms with Crippen LogP contribution in [0.3, 0.4) is 0 Å². The zero-order chi connectivity index (χ0) is 19.2. The normalized spacial score (nSPS) is 17.2. The molecular formula is C23H28N2O3.